The van der Waals surface area contributed by atoms with Crippen molar-refractivity contribution < 1.29 is 14.6 Å². The van der Waals surface area contributed by atoms with Gasteiger partial charge in [0.15, 0.2) is 11.5 Å². The van der Waals surface area contributed by atoms with E-state index in [0.717, 1.165) is 10.0 Å². The zero-order chi connectivity index (χ0) is 13.7. The second-order valence-corrected chi connectivity index (χ2v) is 5.11. The highest BCUT2D eigenvalue weighted by atomic mass is 79.9. The lowest BCUT2D eigenvalue weighted by Gasteiger charge is -2.19. The van der Waals surface area contributed by atoms with Crippen LogP contribution in [0.4, 0.5) is 0 Å². The first kappa shape index (κ1) is 15.3. The summed E-state index contributed by atoms with van der Waals surface area (Å²) in [6.45, 7) is 2.32. The summed E-state index contributed by atoms with van der Waals surface area (Å²) in [5, 5.41) is 9.61. The lowest BCUT2D eigenvalue weighted by atomic mass is 9.94. The predicted molar refractivity (Wildman–Crippen MR) is 75.3 cm³/mol. The molecule has 1 rings (SSSR count). The molecule has 0 fully saturated rings. The molecular weight excluding hydrogens is 298 g/mol. The fraction of sp³-hybridized carbons (Fsp3) is 0.538. The quantitative estimate of drug-likeness (QED) is 0.844. The summed E-state index contributed by atoms with van der Waals surface area (Å²) >= 11 is 3.52. The second-order valence-electron chi connectivity index (χ2n) is 4.25. The zero-order valence-corrected chi connectivity index (χ0v) is 12.5. The average Bonchev–Trinajstić information content (AvgIpc) is 2.37. The van der Waals surface area contributed by atoms with Crippen molar-refractivity contribution in [1.29, 1.82) is 0 Å². The van der Waals surface area contributed by atoms with Gasteiger partial charge in [0.2, 0.25) is 0 Å². The van der Waals surface area contributed by atoms with E-state index in [9.17, 15) is 5.11 Å². The molecule has 2 atom stereocenters. The highest BCUT2D eigenvalue weighted by molar-refractivity contribution is 9.10. The van der Waals surface area contributed by atoms with Crippen molar-refractivity contribution in [3.05, 3.63) is 22.2 Å². The number of rotatable bonds is 6. The molecule has 0 aliphatic heterocycles. The predicted octanol–water partition coefficient (Wildman–Crippen LogP) is 2.28. The minimum Gasteiger partial charge on any atom is -0.493 e. The normalized spacial score (nSPS) is 14.1. The summed E-state index contributed by atoms with van der Waals surface area (Å²) in [4.78, 5) is 0. The van der Waals surface area contributed by atoms with Crippen LogP contribution in [-0.4, -0.2) is 32.0 Å². The minimum atomic E-state index is -0.486. The Hall–Kier alpha value is -0.780. The van der Waals surface area contributed by atoms with Crippen LogP contribution in [0.5, 0.6) is 11.5 Å². The van der Waals surface area contributed by atoms with Crippen LogP contribution in [0.2, 0.25) is 0 Å². The fourth-order valence-corrected chi connectivity index (χ4v) is 2.59. The SMILES string of the molecule is COc1cc(Br)c(C(C)CC(O)CN)cc1OC. The summed E-state index contributed by atoms with van der Waals surface area (Å²) in [6.07, 6.45) is 0.130. The molecular formula is C13H20BrNO3. The summed E-state index contributed by atoms with van der Waals surface area (Å²) in [7, 11) is 3.21. The molecule has 3 N–H and O–H groups in total. The first-order valence-corrected chi connectivity index (χ1v) is 6.62. The zero-order valence-electron chi connectivity index (χ0n) is 10.9. The van der Waals surface area contributed by atoms with Gasteiger partial charge in [-0.3, -0.25) is 0 Å². The van der Waals surface area contributed by atoms with E-state index in [2.05, 4.69) is 15.9 Å². The van der Waals surface area contributed by atoms with E-state index < -0.39 is 6.10 Å². The first-order valence-electron chi connectivity index (χ1n) is 5.83. The Morgan fingerprint density at radius 2 is 1.83 bits per heavy atom. The Morgan fingerprint density at radius 3 is 2.33 bits per heavy atom. The Balaban J connectivity index is 3.01. The Morgan fingerprint density at radius 1 is 1.28 bits per heavy atom. The van der Waals surface area contributed by atoms with Gasteiger partial charge in [-0.05, 0) is 30.0 Å². The monoisotopic (exact) mass is 317 g/mol. The van der Waals surface area contributed by atoms with Gasteiger partial charge in [0, 0.05) is 11.0 Å². The van der Waals surface area contributed by atoms with Gasteiger partial charge in [-0.1, -0.05) is 22.9 Å². The van der Waals surface area contributed by atoms with Gasteiger partial charge in [-0.25, -0.2) is 0 Å². The van der Waals surface area contributed by atoms with Crippen molar-refractivity contribution in [1.82, 2.24) is 0 Å². The smallest absolute Gasteiger partial charge is 0.161 e. The van der Waals surface area contributed by atoms with Crippen LogP contribution >= 0.6 is 15.9 Å². The van der Waals surface area contributed by atoms with Gasteiger partial charge in [-0.2, -0.15) is 0 Å². The Bertz CT molecular complexity index is 398. The average molecular weight is 318 g/mol. The molecule has 2 unspecified atom stereocenters. The van der Waals surface area contributed by atoms with Crippen molar-refractivity contribution >= 4 is 15.9 Å². The number of halogens is 1. The number of hydrogen-bond donors (Lipinski definition) is 2. The van der Waals surface area contributed by atoms with E-state index in [1.165, 1.54) is 0 Å². The molecule has 0 heterocycles. The number of nitrogens with two attached hydrogens (primary N) is 1. The number of methoxy groups -OCH3 is 2. The summed E-state index contributed by atoms with van der Waals surface area (Å²) < 4.78 is 11.5. The van der Waals surface area contributed by atoms with Crippen molar-refractivity contribution in [2.45, 2.75) is 25.4 Å². The third-order valence-electron chi connectivity index (χ3n) is 2.93. The molecule has 0 aliphatic carbocycles. The third-order valence-corrected chi connectivity index (χ3v) is 3.62. The number of aliphatic hydroxyl groups is 1. The first-order chi connectivity index (χ1) is 8.53. The lowest BCUT2D eigenvalue weighted by molar-refractivity contribution is 0.165. The highest BCUT2D eigenvalue weighted by Crippen LogP contribution is 2.37. The molecule has 4 nitrogen and oxygen atoms in total. The number of benzene rings is 1. The van der Waals surface area contributed by atoms with Gasteiger partial charge in [0.25, 0.3) is 0 Å². The van der Waals surface area contributed by atoms with Crippen LogP contribution < -0.4 is 15.2 Å². The summed E-state index contributed by atoms with van der Waals surface area (Å²) in [6, 6.07) is 3.80. The molecule has 0 aromatic heterocycles. The van der Waals surface area contributed by atoms with Crippen LogP contribution in [-0.2, 0) is 0 Å². The van der Waals surface area contributed by atoms with Crippen molar-refractivity contribution in [2.24, 2.45) is 5.73 Å². The molecule has 0 aliphatic rings. The third kappa shape index (κ3) is 3.60. The van der Waals surface area contributed by atoms with Gasteiger partial charge in [-0.15, -0.1) is 0 Å². The highest BCUT2D eigenvalue weighted by Gasteiger charge is 2.17. The van der Waals surface area contributed by atoms with Crippen molar-refractivity contribution in [3.8, 4) is 11.5 Å². The van der Waals surface area contributed by atoms with E-state index in [1.54, 1.807) is 14.2 Å². The molecule has 0 spiro atoms. The van der Waals surface area contributed by atoms with Crippen LogP contribution in [0.1, 0.15) is 24.8 Å². The van der Waals surface area contributed by atoms with Gasteiger partial charge in [0.1, 0.15) is 0 Å². The number of hydrogen-bond acceptors (Lipinski definition) is 4. The van der Waals surface area contributed by atoms with Gasteiger partial charge < -0.3 is 20.3 Å². The maximum Gasteiger partial charge on any atom is 0.161 e. The number of ether oxygens (including phenoxy) is 2. The minimum absolute atomic E-state index is 0.178. The van der Waals surface area contributed by atoms with E-state index in [0.29, 0.717) is 17.9 Å². The topological polar surface area (TPSA) is 64.7 Å². The summed E-state index contributed by atoms with van der Waals surface area (Å²) in [5.74, 6) is 1.54. The molecule has 0 saturated heterocycles. The maximum absolute atomic E-state index is 9.61. The second kappa shape index (κ2) is 6.97. The Labute approximate surface area is 116 Å². The van der Waals surface area contributed by atoms with E-state index in [-0.39, 0.29) is 12.5 Å². The molecule has 18 heavy (non-hydrogen) atoms. The van der Waals surface area contributed by atoms with Crippen LogP contribution in [0, 0.1) is 0 Å². The van der Waals surface area contributed by atoms with E-state index in [1.807, 2.05) is 19.1 Å². The number of aliphatic hydroxyl groups excluding tert-OH is 1. The van der Waals surface area contributed by atoms with Gasteiger partial charge >= 0.3 is 0 Å². The van der Waals surface area contributed by atoms with Gasteiger partial charge in [0.05, 0.1) is 20.3 Å². The van der Waals surface area contributed by atoms with Crippen LogP contribution in [0.15, 0.2) is 16.6 Å². The molecule has 0 amide bonds. The molecule has 5 heteroatoms. The summed E-state index contributed by atoms with van der Waals surface area (Å²) in [5.41, 5.74) is 6.50. The van der Waals surface area contributed by atoms with E-state index >= 15 is 0 Å². The standard InChI is InChI=1S/C13H20BrNO3/c1-8(4-9(16)7-15)10-5-12(17-2)13(18-3)6-11(10)14/h5-6,8-9,16H,4,7,15H2,1-3H3. The molecule has 0 saturated carbocycles. The molecule has 1 aromatic carbocycles. The van der Waals surface area contributed by atoms with Crippen LogP contribution in [0.25, 0.3) is 0 Å². The molecule has 0 radical (unpaired) electrons. The van der Waals surface area contributed by atoms with Crippen LogP contribution in [0.3, 0.4) is 0 Å². The molecule has 1 aromatic rings. The fourth-order valence-electron chi connectivity index (χ4n) is 1.88. The van der Waals surface area contributed by atoms with Crippen molar-refractivity contribution in [2.75, 3.05) is 20.8 Å². The maximum atomic E-state index is 9.61. The Kier molecular flexibility index (Phi) is 5.91. The molecule has 102 valence electrons. The van der Waals surface area contributed by atoms with E-state index in [4.69, 9.17) is 15.2 Å². The molecule has 0 bridgehead atoms. The lowest BCUT2D eigenvalue weighted by Crippen LogP contribution is -2.21. The van der Waals surface area contributed by atoms with Crippen molar-refractivity contribution in [3.63, 3.8) is 0 Å². The largest absolute Gasteiger partial charge is 0.493 e.